The lowest BCUT2D eigenvalue weighted by atomic mass is 10.1. The van der Waals surface area contributed by atoms with Gasteiger partial charge in [-0.15, -0.1) is 0 Å². The number of anilines is 1. The molecule has 12 heteroatoms. The molecule has 0 N–H and O–H groups in total. The van der Waals surface area contributed by atoms with E-state index in [-0.39, 0.29) is 41.6 Å². The van der Waals surface area contributed by atoms with Crippen LogP contribution in [0.1, 0.15) is 6.92 Å². The first-order chi connectivity index (χ1) is 13.6. The molecule has 0 bridgehead atoms. The van der Waals surface area contributed by atoms with Gasteiger partial charge >= 0.3 is 0 Å². The van der Waals surface area contributed by atoms with Gasteiger partial charge in [-0.25, -0.2) is 8.42 Å². The van der Waals surface area contributed by atoms with Crippen LogP contribution in [0.15, 0.2) is 47.4 Å². The standard InChI is InChI=1S/C17H17ClN4O6S/c1-12-11-19(16-7-4-14(21(23)24)10-17(16)22(25)26)8-9-20(12)29(27,28)15-5-2-13(18)3-6-15/h2-7,10,12H,8-9,11H2,1H3. The Bertz CT molecular complexity index is 1060. The minimum atomic E-state index is -3.75. The highest BCUT2D eigenvalue weighted by Gasteiger charge is 2.35. The average Bonchev–Trinajstić information content (AvgIpc) is 2.67. The smallest absolute Gasteiger partial charge is 0.299 e. The lowest BCUT2D eigenvalue weighted by Gasteiger charge is -2.39. The number of non-ortho nitro benzene ring substituents is 1. The lowest BCUT2D eigenvalue weighted by molar-refractivity contribution is -0.393. The highest BCUT2D eigenvalue weighted by Crippen LogP contribution is 2.34. The van der Waals surface area contributed by atoms with E-state index in [1.54, 1.807) is 11.8 Å². The predicted octanol–water partition coefficient (Wildman–Crippen LogP) is 3.06. The van der Waals surface area contributed by atoms with E-state index in [9.17, 15) is 28.6 Å². The van der Waals surface area contributed by atoms with Gasteiger partial charge in [0.1, 0.15) is 5.69 Å². The summed E-state index contributed by atoms with van der Waals surface area (Å²) in [5.41, 5.74) is -0.547. The van der Waals surface area contributed by atoms with Gasteiger partial charge in [-0.1, -0.05) is 11.6 Å². The fourth-order valence-corrected chi connectivity index (χ4v) is 5.04. The Labute approximate surface area is 171 Å². The highest BCUT2D eigenvalue weighted by molar-refractivity contribution is 7.89. The third-order valence-electron chi connectivity index (χ3n) is 4.69. The molecule has 10 nitrogen and oxygen atoms in total. The van der Waals surface area contributed by atoms with Crippen LogP contribution in [0.25, 0.3) is 0 Å². The number of nitro benzene ring substituents is 2. The number of nitro groups is 2. The molecule has 0 aliphatic carbocycles. The fraction of sp³-hybridized carbons (Fsp3) is 0.294. The van der Waals surface area contributed by atoms with E-state index in [1.165, 1.54) is 40.7 Å². The molecule has 0 saturated carbocycles. The van der Waals surface area contributed by atoms with Crippen molar-refractivity contribution in [2.24, 2.45) is 0 Å². The van der Waals surface area contributed by atoms with Crippen LogP contribution in [0.5, 0.6) is 0 Å². The fourth-order valence-electron chi connectivity index (χ4n) is 3.30. The second kappa shape index (κ2) is 7.93. The van der Waals surface area contributed by atoms with Crippen LogP contribution in [0.2, 0.25) is 5.02 Å². The minimum absolute atomic E-state index is 0.111. The topological polar surface area (TPSA) is 127 Å². The molecule has 1 unspecified atom stereocenters. The van der Waals surface area contributed by atoms with Crippen molar-refractivity contribution in [3.05, 3.63) is 67.7 Å². The van der Waals surface area contributed by atoms with Gasteiger partial charge in [0.2, 0.25) is 10.0 Å². The van der Waals surface area contributed by atoms with Gasteiger partial charge in [0.05, 0.1) is 20.8 Å². The molecular formula is C17H17ClN4O6S. The van der Waals surface area contributed by atoms with Crippen LogP contribution >= 0.6 is 11.6 Å². The first-order valence-electron chi connectivity index (χ1n) is 8.56. The Morgan fingerprint density at radius 1 is 1.03 bits per heavy atom. The molecule has 1 heterocycles. The summed E-state index contributed by atoms with van der Waals surface area (Å²) in [7, 11) is -3.75. The number of benzene rings is 2. The highest BCUT2D eigenvalue weighted by atomic mass is 35.5. The van der Waals surface area contributed by atoms with Crippen molar-refractivity contribution in [2.45, 2.75) is 17.9 Å². The number of hydrogen-bond donors (Lipinski definition) is 0. The summed E-state index contributed by atoms with van der Waals surface area (Å²) in [5, 5.41) is 22.7. The van der Waals surface area contributed by atoms with Crippen LogP contribution in [0.4, 0.5) is 17.1 Å². The maximum Gasteiger partial charge on any atom is 0.299 e. The van der Waals surface area contributed by atoms with Gasteiger partial charge in [0, 0.05) is 36.8 Å². The van der Waals surface area contributed by atoms with Crippen LogP contribution in [0, 0.1) is 20.2 Å². The summed E-state index contributed by atoms with van der Waals surface area (Å²) < 4.78 is 27.2. The summed E-state index contributed by atoms with van der Waals surface area (Å²) in [6.45, 7) is 2.22. The largest absolute Gasteiger partial charge is 0.363 e. The molecule has 0 spiro atoms. The SMILES string of the molecule is CC1CN(c2ccc([N+](=O)[O-])cc2[N+](=O)[O-])CCN1S(=O)(=O)c1ccc(Cl)cc1. The summed E-state index contributed by atoms with van der Waals surface area (Å²) in [4.78, 5) is 22.7. The molecule has 0 radical (unpaired) electrons. The van der Waals surface area contributed by atoms with Crippen LogP contribution < -0.4 is 4.90 Å². The minimum Gasteiger partial charge on any atom is -0.363 e. The van der Waals surface area contributed by atoms with Gasteiger partial charge in [0.15, 0.2) is 0 Å². The van der Waals surface area contributed by atoms with Crippen molar-refractivity contribution in [1.82, 2.24) is 4.31 Å². The maximum absolute atomic E-state index is 12.9. The van der Waals surface area contributed by atoms with E-state index in [4.69, 9.17) is 11.6 Å². The van der Waals surface area contributed by atoms with Gasteiger partial charge in [-0.2, -0.15) is 4.31 Å². The van der Waals surface area contributed by atoms with E-state index in [0.29, 0.717) is 5.02 Å². The van der Waals surface area contributed by atoms with Crippen molar-refractivity contribution in [1.29, 1.82) is 0 Å². The molecule has 0 amide bonds. The monoisotopic (exact) mass is 440 g/mol. The second-order valence-electron chi connectivity index (χ2n) is 6.55. The molecule has 2 aromatic carbocycles. The Morgan fingerprint density at radius 3 is 2.24 bits per heavy atom. The first-order valence-corrected chi connectivity index (χ1v) is 10.4. The van der Waals surface area contributed by atoms with E-state index in [1.807, 2.05) is 0 Å². The Hall–Kier alpha value is -2.76. The molecule has 29 heavy (non-hydrogen) atoms. The Kier molecular flexibility index (Phi) is 5.73. The number of sulfonamides is 1. The van der Waals surface area contributed by atoms with Gasteiger partial charge in [-0.3, -0.25) is 20.2 Å². The van der Waals surface area contributed by atoms with Crippen molar-refractivity contribution in [2.75, 3.05) is 24.5 Å². The molecule has 1 saturated heterocycles. The van der Waals surface area contributed by atoms with E-state index < -0.39 is 25.9 Å². The molecule has 3 rings (SSSR count). The molecule has 154 valence electrons. The number of hydrogen-bond acceptors (Lipinski definition) is 7. The lowest BCUT2D eigenvalue weighted by Crippen LogP contribution is -2.54. The van der Waals surface area contributed by atoms with E-state index >= 15 is 0 Å². The zero-order valence-electron chi connectivity index (χ0n) is 15.3. The Balaban J connectivity index is 1.86. The predicted molar refractivity (Wildman–Crippen MR) is 107 cm³/mol. The summed E-state index contributed by atoms with van der Waals surface area (Å²) >= 11 is 5.82. The number of halogens is 1. The molecule has 1 fully saturated rings. The normalized spacial score (nSPS) is 17.9. The number of nitrogens with zero attached hydrogens (tertiary/aromatic N) is 4. The molecule has 2 aromatic rings. The average molecular weight is 441 g/mol. The van der Waals surface area contributed by atoms with Gasteiger partial charge < -0.3 is 4.90 Å². The third kappa shape index (κ3) is 4.16. The van der Waals surface area contributed by atoms with Crippen molar-refractivity contribution in [3.63, 3.8) is 0 Å². The summed E-state index contributed by atoms with van der Waals surface area (Å²) in [6, 6.07) is 8.81. The van der Waals surface area contributed by atoms with E-state index in [2.05, 4.69) is 0 Å². The van der Waals surface area contributed by atoms with Crippen molar-refractivity contribution < 1.29 is 18.3 Å². The summed E-state index contributed by atoms with van der Waals surface area (Å²) in [5.74, 6) is 0. The molecular weight excluding hydrogens is 424 g/mol. The van der Waals surface area contributed by atoms with Crippen LogP contribution in [0.3, 0.4) is 0 Å². The van der Waals surface area contributed by atoms with Crippen LogP contribution in [-0.4, -0.2) is 48.2 Å². The third-order valence-corrected chi connectivity index (χ3v) is 6.97. The maximum atomic E-state index is 12.9. The van der Waals surface area contributed by atoms with Crippen LogP contribution in [-0.2, 0) is 10.0 Å². The van der Waals surface area contributed by atoms with Crippen molar-refractivity contribution >= 4 is 38.7 Å². The second-order valence-corrected chi connectivity index (χ2v) is 8.88. The van der Waals surface area contributed by atoms with Gasteiger partial charge in [-0.05, 0) is 37.3 Å². The first kappa shape index (κ1) is 21.0. The number of rotatable bonds is 5. The summed E-state index contributed by atoms with van der Waals surface area (Å²) in [6.07, 6.45) is 0. The van der Waals surface area contributed by atoms with Gasteiger partial charge in [0.25, 0.3) is 11.4 Å². The quantitative estimate of drug-likeness (QED) is 0.516. The molecule has 1 atom stereocenters. The molecule has 1 aliphatic heterocycles. The Morgan fingerprint density at radius 2 is 1.69 bits per heavy atom. The number of piperazine rings is 1. The molecule has 0 aromatic heterocycles. The van der Waals surface area contributed by atoms with Crippen molar-refractivity contribution in [3.8, 4) is 0 Å². The zero-order chi connectivity index (χ0) is 21.3. The van der Waals surface area contributed by atoms with E-state index in [0.717, 1.165) is 6.07 Å². The molecule has 1 aliphatic rings. The zero-order valence-corrected chi connectivity index (χ0v) is 16.8.